The maximum absolute atomic E-state index is 12.1. The first-order valence-corrected chi connectivity index (χ1v) is 6.65. The van der Waals surface area contributed by atoms with Gasteiger partial charge >= 0.3 is 0 Å². The minimum atomic E-state index is -0.795. The van der Waals surface area contributed by atoms with Crippen molar-refractivity contribution in [1.29, 1.82) is 0 Å². The molecule has 92 valence electrons. The van der Waals surface area contributed by atoms with E-state index >= 15 is 0 Å². The average Bonchev–Trinajstić information content (AvgIpc) is 2.87. The third-order valence-electron chi connectivity index (χ3n) is 3.34. The van der Waals surface area contributed by atoms with Crippen LogP contribution in [0.5, 0.6) is 0 Å². The molecular weight excluding hydrogens is 226 g/mol. The molecule has 2 saturated heterocycles. The summed E-state index contributed by atoms with van der Waals surface area (Å²) >= 11 is 1.82. The Hall–Kier alpha value is -0.300. The molecule has 1 amide bonds. The van der Waals surface area contributed by atoms with Crippen LogP contribution in [0.3, 0.4) is 0 Å². The second-order valence-electron chi connectivity index (χ2n) is 4.48. The normalized spacial score (nSPS) is 33.3. The minimum absolute atomic E-state index is 0.108. The molecule has 2 rings (SSSR count). The minimum Gasteiger partial charge on any atom is -0.391 e. The molecule has 5 nitrogen and oxygen atoms in total. The van der Waals surface area contributed by atoms with Crippen molar-refractivity contribution in [2.75, 3.05) is 25.4 Å². The zero-order valence-electron chi connectivity index (χ0n) is 9.48. The zero-order chi connectivity index (χ0) is 11.8. The van der Waals surface area contributed by atoms with Gasteiger partial charge < -0.3 is 21.1 Å². The van der Waals surface area contributed by atoms with Gasteiger partial charge in [0.25, 0.3) is 0 Å². The molecule has 3 atom stereocenters. The average molecular weight is 245 g/mol. The molecule has 2 heterocycles. The summed E-state index contributed by atoms with van der Waals surface area (Å²) in [4.78, 5) is 13.9. The first-order valence-electron chi connectivity index (χ1n) is 5.67. The lowest BCUT2D eigenvalue weighted by atomic mass is 10.1. The Morgan fingerprint density at radius 3 is 3.00 bits per heavy atom. The van der Waals surface area contributed by atoms with Crippen LogP contribution in [-0.4, -0.2) is 58.3 Å². The summed E-state index contributed by atoms with van der Waals surface area (Å²) in [6.45, 7) is 4.08. The molecule has 2 aliphatic heterocycles. The number of hydrogen-bond acceptors (Lipinski definition) is 5. The lowest BCUT2D eigenvalue weighted by molar-refractivity contribution is -0.137. The van der Waals surface area contributed by atoms with Gasteiger partial charge in [-0.3, -0.25) is 4.79 Å². The van der Waals surface area contributed by atoms with Gasteiger partial charge in [-0.2, -0.15) is 0 Å². The van der Waals surface area contributed by atoms with Gasteiger partial charge in [0.15, 0.2) is 0 Å². The summed E-state index contributed by atoms with van der Waals surface area (Å²) in [5.41, 5.74) is 5.72. The molecule has 6 heteroatoms. The number of carbonyl (C=O) groups excluding carboxylic acids is 1. The molecule has 0 radical (unpaired) electrons. The van der Waals surface area contributed by atoms with E-state index in [2.05, 4.69) is 5.32 Å². The highest BCUT2D eigenvalue weighted by Crippen LogP contribution is 2.40. The van der Waals surface area contributed by atoms with E-state index in [-0.39, 0.29) is 10.8 Å². The third-order valence-corrected chi connectivity index (χ3v) is 4.83. The molecular formula is C10H19N3O2S. The molecule has 0 aromatic rings. The maximum atomic E-state index is 12.1. The van der Waals surface area contributed by atoms with Crippen molar-refractivity contribution in [3.8, 4) is 0 Å². The molecule has 0 aromatic heterocycles. The van der Waals surface area contributed by atoms with Crippen molar-refractivity contribution in [1.82, 2.24) is 10.2 Å². The van der Waals surface area contributed by atoms with E-state index in [0.29, 0.717) is 0 Å². The number of hydrogen-bond donors (Lipinski definition) is 3. The highest BCUT2D eigenvalue weighted by molar-refractivity contribution is 8.00. The quantitative estimate of drug-likeness (QED) is 0.579. The van der Waals surface area contributed by atoms with Crippen LogP contribution in [0, 0.1) is 0 Å². The molecule has 4 N–H and O–H groups in total. The van der Waals surface area contributed by atoms with Crippen LogP contribution in [0.15, 0.2) is 0 Å². The summed E-state index contributed by atoms with van der Waals surface area (Å²) in [6, 6.07) is -0.795. The Bertz CT molecular complexity index is 274. The van der Waals surface area contributed by atoms with Gasteiger partial charge in [0.2, 0.25) is 5.91 Å². The van der Waals surface area contributed by atoms with Crippen LogP contribution in [0.25, 0.3) is 0 Å². The topological polar surface area (TPSA) is 78.6 Å². The Balaban J connectivity index is 2.11. The van der Waals surface area contributed by atoms with E-state index < -0.39 is 12.1 Å². The fourth-order valence-corrected chi connectivity index (χ4v) is 3.76. The number of amides is 1. The van der Waals surface area contributed by atoms with Crippen molar-refractivity contribution in [3.63, 3.8) is 0 Å². The molecule has 0 saturated carbocycles. The smallest absolute Gasteiger partial charge is 0.243 e. The van der Waals surface area contributed by atoms with E-state index in [1.165, 1.54) is 0 Å². The van der Waals surface area contributed by atoms with Crippen molar-refractivity contribution in [3.05, 3.63) is 0 Å². The van der Waals surface area contributed by atoms with Gasteiger partial charge in [0.1, 0.15) is 10.9 Å². The van der Waals surface area contributed by atoms with Crippen molar-refractivity contribution >= 4 is 17.7 Å². The molecule has 0 bridgehead atoms. The van der Waals surface area contributed by atoms with Crippen LogP contribution in [0.2, 0.25) is 0 Å². The van der Waals surface area contributed by atoms with Crippen molar-refractivity contribution in [2.24, 2.45) is 5.73 Å². The monoisotopic (exact) mass is 245 g/mol. The van der Waals surface area contributed by atoms with Crippen LogP contribution in [0.4, 0.5) is 0 Å². The number of thioether (sulfide) groups is 1. The Morgan fingerprint density at radius 2 is 2.44 bits per heavy atom. The lowest BCUT2D eigenvalue weighted by Crippen LogP contribution is -2.55. The van der Waals surface area contributed by atoms with Gasteiger partial charge in [-0.1, -0.05) is 0 Å². The summed E-state index contributed by atoms with van der Waals surface area (Å²) in [7, 11) is 0. The van der Waals surface area contributed by atoms with Crippen molar-refractivity contribution in [2.45, 2.75) is 30.4 Å². The van der Waals surface area contributed by atoms with Gasteiger partial charge in [-0.15, -0.1) is 11.8 Å². The number of rotatable bonds is 2. The van der Waals surface area contributed by atoms with Gasteiger partial charge in [0, 0.05) is 18.8 Å². The number of nitrogens with two attached hydrogens (primary N) is 1. The highest BCUT2D eigenvalue weighted by atomic mass is 32.2. The van der Waals surface area contributed by atoms with Gasteiger partial charge in [-0.05, 0) is 19.9 Å². The summed E-state index contributed by atoms with van der Waals surface area (Å²) in [5.74, 6) is 0.837. The maximum Gasteiger partial charge on any atom is 0.243 e. The molecule has 16 heavy (non-hydrogen) atoms. The molecule has 0 aromatic carbocycles. The Labute approximate surface area is 99.7 Å². The van der Waals surface area contributed by atoms with E-state index in [1.807, 2.05) is 16.7 Å². The van der Waals surface area contributed by atoms with E-state index in [4.69, 9.17) is 5.73 Å². The predicted octanol–water partition coefficient (Wildman–Crippen LogP) is -1.04. The van der Waals surface area contributed by atoms with Crippen LogP contribution >= 0.6 is 11.8 Å². The first kappa shape index (κ1) is 12.2. The molecule has 0 aliphatic carbocycles. The van der Waals surface area contributed by atoms with Gasteiger partial charge in [-0.25, -0.2) is 0 Å². The van der Waals surface area contributed by atoms with Crippen LogP contribution in [0.1, 0.15) is 13.3 Å². The van der Waals surface area contributed by atoms with Crippen LogP contribution < -0.4 is 11.1 Å². The number of nitrogens with one attached hydrogen (secondary N) is 1. The van der Waals surface area contributed by atoms with E-state index in [9.17, 15) is 9.90 Å². The van der Waals surface area contributed by atoms with Crippen LogP contribution in [-0.2, 0) is 4.79 Å². The Morgan fingerprint density at radius 1 is 1.69 bits per heavy atom. The standard InChI is InChI=1S/C10H19N3O2S/c1-7(14)8(11)9(15)13-4-5-16-10(13)2-3-12-6-10/h7-8,12,14H,2-6,11H2,1H3/t7-,8+,10?/m1/s1. The van der Waals surface area contributed by atoms with Gasteiger partial charge in [0.05, 0.1) is 6.10 Å². The lowest BCUT2D eigenvalue weighted by Gasteiger charge is -2.35. The largest absolute Gasteiger partial charge is 0.391 e. The summed E-state index contributed by atoms with van der Waals surface area (Å²) < 4.78 is 0. The number of aliphatic hydroxyl groups is 1. The molecule has 2 aliphatic rings. The zero-order valence-corrected chi connectivity index (χ0v) is 10.3. The van der Waals surface area contributed by atoms with Crippen molar-refractivity contribution < 1.29 is 9.90 Å². The van der Waals surface area contributed by atoms with E-state index in [0.717, 1.165) is 31.8 Å². The molecule has 2 fully saturated rings. The second kappa shape index (κ2) is 4.52. The fraction of sp³-hybridized carbons (Fsp3) is 0.900. The fourth-order valence-electron chi connectivity index (χ4n) is 2.32. The SMILES string of the molecule is C[C@@H](O)[C@H](N)C(=O)N1CCSC12CCNC2. The predicted molar refractivity (Wildman–Crippen MR) is 64.0 cm³/mol. The Kier molecular flexibility index (Phi) is 3.44. The number of aliphatic hydroxyl groups excluding tert-OH is 1. The first-order chi connectivity index (χ1) is 7.57. The summed E-state index contributed by atoms with van der Waals surface area (Å²) in [5, 5.41) is 12.7. The number of nitrogens with zero attached hydrogens (tertiary/aromatic N) is 1. The molecule has 1 unspecified atom stereocenters. The van der Waals surface area contributed by atoms with E-state index in [1.54, 1.807) is 6.92 Å². The third kappa shape index (κ3) is 1.95. The highest BCUT2D eigenvalue weighted by Gasteiger charge is 2.47. The second-order valence-corrected chi connectivity index (χ2v) is 5.93. The summed E-state index contributed by atoms with van der Waals surface area (Å²) in [6.07, 6.45) is 0.181. The number of carbonyl (C=O) groups is 1. The molecule has 1 spiro atoms.